The van der Waals surface area contributed by atoms with E-state index in [4.69, 9.17) is 5.73 Å². The minimum absolute atomic E-state index is 0.252. The normalized spacial score (nSPS) is 10.5. The molecule has 0 unspecified atom stereocenters. The van der Waals surface area contributed by atoms with Crippen molar-refractivity contribution in [3.05, 3.63) is 78.1 Å². The number of aromatic nitrogens is 2. The molecule has 3 aromatic rings. The number of phenolic OH excluding ortho intramolecular Hbond substituents is 1. The lowest BCUT2D eigenvalue weighted by Crippen LogP contribution is -2.03. The van der Waals surface area contributed by atoms with E-state index in [-0.39, 0.29) is 5.75 Å². The molecule has 120 valence electrons. The van der Waals surface area contributed by atoms with Crippen molar-refractivity contribution in [1.29, 1.82) is 0 Å². The van der Waals surface area contributed by atoms with Crippen molar-refractivity contribution < 1.29 is 5.11 Å². The predicted octanol–water partition coefficient (Wildman–Crippen LogP) is 4.00. The highest BCUT2D eigenvalue weighted by Gasteiger charge is 2.13. The smallest absolute Gasteiger partial charge is 0.149 e. The quantitative estimate of drug-likeness (QED) is 0.763. The second kappa shape index (κ2) is 6.54. The van der Waals surface area contributed by atoms with Gasteiger partial charge in [0.1, 0.15) is 17.3 Å². The van der Waals surface area contributed by atoms with Gasteiger partial charge in [0.15, 0.2) is 0 Å². The highest BCUT2D eigenvalue weighted by molar-refractivity contribution is 5.73. The van der Waals surface area contributed by atoms with Crippen molar-refractivity contribution in [3.8, 4) is 17.0 Å². The fourth-order valence-corrected chi connectivity index (χ4v) is 2.62. The Kier molecular flexibility index (Phi) is 4.29. The summed E-state index contributed by atoms with van der Waals surface area (Å²) in [4.78, 5) is 8.88. The maximum Gasteiger partial charge on any atom is 0.149 e. The third kappa shape index (κ3) is 3.13. The van der Waals surface area contributed by atoms with Crippen LogP contribution in [0.2, 0.25) is 0 Å². The van der Waals surface area contributed by atoms with Crippen molar-refractivity contribution >= 4 is 11.4 Å². The molecular formula is C20H19N3O. The fourth-order valence-electron chi connectivity index (χ4n) is 2.62. The number of allylic oxidation sites excluding steroid dienone is 1. The second-order valence-electron chi connectivity index (χ2n) is 5.71. The van der Waals surface area contributed by atoms with Crippen LogP contribution in [-0.2, 0) is 6.42 Å². The van der Waals surface area contributed by atoms with Crippen LogP contribution in [0.5, 0.6) is 5.75 Å². The molecule has 0 aliphatic rings. The summed E-state index contributed by atoms with van der Waals surface area (Å²) in [5, 5.41) is 10.1. The highest BCUT2D eigenvalue weighted by atomic mass is 16.3. The molecule has 0 radical (unpaired) electrons. The van der Waals surface area contributed by atoms with E-state index in [0.717, 1.165) is 28.0 Å². The van der Waals surface area contributed by atoms with Gasteiger partial charge in [0, 0.05) is 17.5 Å². The topological polar surface area (TPSA) is 72.0 Å². The third-order valence-corrected chi connectivity index (χ3v) is 3.98. The first kappa shape index (κ1) is 15.7. The molecule has 3 N–H and O–H groups in total. The molecule has 1 heterocycles. The number of hydrogen-bond acceptors (Lipinski definition) is 4. The highest BCUT2D eigenvalue weighted by Crippen LogP contribution is 2.29. The number of nitrogen functional groups attached to an aromatic ring is 1. The lowest BCUT2D eigenvalue weighted by molar-refractivity contribution is 0.469. The van der Waals surface area contributed by atoms with Gasteiger partial charge in [0.05, 0.1) is 11.9 Å². The third-order valence-electron chi connectivity index (χ3n) is 3.98. The van der Waals surface area contributed by atoms with Crippen LogP contribution in [0.3, 0.4) is 0 Å². The molecule has 0 saturated heterocycles. The molecule has 0 amide bonds. The number of anilines is 1. The molecule has 3 rings (SSSR count). The van der Waals surface area contributed by atoms with E-state index < -0.39 is 0 Å². The molecular weight excluding hydrogens is 298 g/mol. The van der Waals surface area contributed by atoms with E-state index in [2.05, 4.69) is 16.5 Å². The Bertz CT molecular complexity index is 868. The van der Waals surface area contributed by atoms with Crippen LogP contribution in [0.15, 0.2) is 61.3 Å². The fraction of sp³-hybridized carbons (Fsp3) is 0.100. The summed E-state index contributed by atoms with van der Waals surface area (Å²) in [5.74, 6) is 0.592. The maximum atomic E-state index is 10.1. The Labute approximate surface area is 141 Å². The van der Waals surface area contributed by atoms with Crippen molar-refractivity contribution in [3.63, 3.8) is 0 Å². The first-order valence-corrected chi connectivity index (χ1v) is 7.70. The summed E-state index contributed by atoms with van der Waals surface area (Å²) in [6.45, 7) is 6.06. The van der Waals surface area contributed by atoms with E-state index in [1.165, 1.54) is 0 Å². The molecule has 2 aromatic carbocycles. The molecule has 0 atom stereocenters. The number of aromatic hydroxyl groups is 1. The lowest BCUT2D eigenvalue weighted by atomic mass is 9.98. The second-order valence-corrected chi connectivity index (χ2v) is 5.71. The Balaban J connectivity index is 1.95. The molecule has 0 aliphatic carbocycles. The van der Waals surface area contributed by atoms with Gasteiger partial charge in [-0.05, 0) is 24.1 Å². The number of nitrogens with two attached hydrogens (primary N) is 1. The minimum atomic E-state index is 0.252. The molecule has 4 heteroatoms. The monoisotopic (exact) mass is 317 g/mol. The van der Waals surface area contributed by atoms with Gasteiger partial charge in [-0.3, -0.25) is 0 Å². The maximum absolute atomic E-state index is 10.1. The van der Waals surface area contributed by atoms with E-state index in [1.807, 2.05) is 49.4 Å². The SMILES string of the molecule is C=C(Cc1c(C)cccc1O)c1nc(-c2ccccc2)cnc1N. The van der Waals surface area contributed by atoms with E-state index in [0.29, 0.717) is 17.9 Å². The van der Waals surface area contributed by atoms with Crippen molar-refractivity contribution in [2.24, 2.45) is 0 Å². The van der Waals surface area contributed by atoms with Crippen LogP contribution >= 0.6 is 0 Å². The van der Waals surface area contributed by atoms with Gasteiger partial charge in [-0.1, -0.05) is 49.0 Å². The Hall–Kier alpha value is -3.14. The molecule has 4 nitrogen and oxygen atoms in total. The van der Waals surface area contributed by atoms with Gasteiger partial charge in [0.25, 0.3) is 0 Å². The van der Waals surface area contributed by atoms with Gasteiger partial charge in [-0.25, -0.2) is 9.97 Å². The van der Waals surface area contributed by atoms with Gasteiger partial charge in [-0.15, -0.1) is 0 Å². The van der Waals surface area contributed by atoms with Crippen LogP contribution < -0.4 is 5.73 Å². The van der Waals surface area contributed by atoms with Gasteiger partial charge < -0.3 is 10.8 Å². The first-order valence-electron chi connectivity index (χ1n) is 7.70. The molecule has 1 aromatic heterocycles. The van der Waals surface area contributed by atoms with Crippen LogP contribution in [0.4, 0.5) is 5.82 Å². The molecule has 0 bridgehead atoms. The Morgan fingerprint density at radius 2 is 1.88 bits per heavy atom. The standard InChI is InChI=1S/C20H19N3O/c1-13-7-6-10-18(24)16(13)11-14(2)19-20(21)22-12-17(23-19)15-8-4-3-5-9-15/h3-10,12,24H,2,11H2,1H3,(H2,21,22). The average Bonchev–Trinajstić information content (AvgIpc) is 2.59. The number of benzene rings is 2. The summed E-state index contributed by atoms with van der Waals surface area (Å²) in [5.41, 5.74) is 10.8. The van der Waals surface area contributed by atoms with E-state index in [1.54, 1.807) is 12.3 Å². The number of phenols is 1. The van der Waals surface area contributed by atoms with Crippen LogP contribution in [-0.4, -0.2) is 15.1 Å². The average molecular weight is 317 g/mol. The molecule has 24 heavy (non-hydrogen) atoms. The zero-order valence-corrected chi connectivity index (χ0v) is 13.5. The van der Waals surface area contributed by atoms with Crippen molar-refractivity contribution in [1.82, 2.24) is 9.97 Å². The van der Waals surface area contributed by atoms with Crippen LogP contribution in [0.1, 0.15) is 16.8 Å². The molecule has 0 saturated carbocycles. The predicted molar refractivity (Wildman–Crippen MR) is 97.5 cm³/mol. The summed E-state index contributed by atoms with van der Waals surface area (Å²) < 4.78 is 0. The van der Waals surface area contributed by atoms with Crippen molar-refractivity contribution in [2.45, 2.75) is 13.3 Å². The summed E-state index contributed by atoms with van der Waals surface area (Å²) in [6.07, 6.45) is 2.13. The minimum Gasteiger partial charge on any atom is -0.508 e. The van der Waals surface area contributed by atoms with E-state index in [9.17, 15) is 5.11 Å². The van der Waals surface area contributed by atoms with Crippen LogP contribution in [0, 0.1) is 6.92 Å². The van der Waals surface area contributed by atoms with Gasteiger partial charge in [-0.2, -0.15) is 0 Å². The summed E-state index contributed by atoms with van der Waals surface area (Å²) >= 11 is 0. The van der Waals surface area contributed by atoms with E-state index >= 15 is 0 Å². The molecule has 0 fully saturated rings. The number of hydrogen-bond donors (Lipinski definition) is 2. The molecule has 0 spiro atoms. The largest absolute Gasteiger partial charge is 0.508 e. The summed E-state index contributed by atoms with van der Waals surface area (Å²) in [7, 11) is 0. The van der Waals surface area contributed by atoms with Crippen LogP contribution in [0.25, 0.3) is 16.8 Å². The van der Waals surface area contributed by atoms with Crippen molar-refractivity contribution in [2.75, 3.05) is 5.73 Å². The number of aryl methyl sites for hydroxylation is 1. The zero-order valence-electron chi connectivity index (χ0n) is 13.5. The summed E-state index contributed by atoms with van der Waals surface area (Å²) in [6, 6.07) is 15.2. The molecule has 0 aliphatic heterocycles. The van der Waals surface area contributed by atoms with Gasteiger partial charge in [0.2, 0.25) is 0 Å². The zero-order chi connectivity index (χ0) is 17.1. The lowest BCUT2D eigenvalue weighted by Gasteiger charge is -2.12. The Morgan fingerprint density at radius 3 is 2.58 bits per heavy atom. The van der Waals surface area contributed by atoms with Gasteiger partial charge >= 0.3 is 0 Å². The number of nitrogens with zero attached hydrogens (tertiary/aromatic N) is 2. The first-order chi connectivity index (χ1) is 11.6. The Morgan fingerprint density at radius 1 is 1.12 bits per heavy atom. The number of rotatable bonds is 4.